The van der Waals surface area contributed by atoms with Crippen molar-refractivity contribution < 1.29 is 50.1 Å². The number of fused-ring (bicyclic) bond motifs is 7. The van der Waals surface area contributed by atoms with Crippen molar-refractivity contribution in [1.29, 1.82) is 11.1 Å². The molecular weight excluding hydrogens is 546 g/mol. The number of aliphatic hydroxyl groups is 1. The quantitative estimate of drug-likeness (QED) is 0.184. The van der Waals surface area contributed by atoms with E-state index in [0.29, 0.717) is 29.2 Å². The summed E-state index contributed by atoms with van der Waals surface area (Å²) in [5.41, 5.74) is 10.9. The van der Waals surface area contributed by atoms with Gasteiger partial charge < -0.3 is 29.5 Å². The van der Waals surface area contributed by atoms with Crippen LogP contribution in [0.5, 0.6) is 0 Å². The van der Waals surface area contributed by atoms with E-state index in [1.54, 1.807) is 43.0 Å². The van der Waals surface area contributed by atoms with Gasteiger partial charge in [0.05, 0.1) is 17.2 Å². The van der Waals surface area contributed by atoms with Gasteiger partial charge in [-0.2, -0.15) is 11.8 Å². The average molecular weight is 588 g/mol. The van der Waals surface area contributed by atoms with Crippen molar-refractivity contribution in [2.75, 3.05) is 31.3 Å². The Balaban J connectivity index is 0.00000215. The van der Waals surface area contributed by atoms with Gasteiger partial charge in [-0.1, -0.05) is 18.6 Å². The van der Waals surface area contributed by atoms with Crippen molar-refractivity contribution in [1.82, 2.24) is 4.90 Å². The zero-order valence-corrected chi connectivity index (χ0v) is 23.7. The molecule has 0 aliphatic carbocycles. The van der Waals surface area contributed by atoms with Crippen LogP contribution in [0.15, 0.2) is 24.3 Å². The highest BCUT2D eigenvalue weighted by atomic mass is 32.2. The van der Waals surface area contributed by atoms with Crippen molar-refractivity contribution in [2.45, 2.75) is 64.6 Å². The lowest BCUT2D eigenvalue weighted by atomic mass is 9.85. The molecule has 5 N–H and O–H groups in total. The van der Waals surface area contributed by atoms with Crippen LogP contribution >= 0.6 is 11.8 Å². The zero-order valence-electron chi connectivity index (χ0n) is 22.9. The van der Waals surface area contributed by atoms with E-state index in [-0.39, 0.29) is 43.9 Å². The van der Waals surface area contributed by atoms with Crippen LogP contribution in [0.25, 0.3) is 0 Å². The molecule has 226 valence electrons. The highest BCUT2D eigenvalue weighted by molar-refractivity contribution is 7.99. The predicted octanol–water partition coefficient (Wildman–Crippen LogP) is 2.44. The lowest BCUT2D eigenvalue weighted by molar-refractivity contribution is -0.285. The topological polar surface area (TPSA) is 208 Å². The second-order valence-electron chi connectivity index (χ2n) is 8.92. The Hall–Kier alpha value is -2.91. The number of hydrogen-bond donors (Lipinski definition) is 3. The lowest BCUT2D eigenvalue weighted by Gasteiger charge is -2.44. The van der Waals surface area contributed by atoms with E-state index in [1.165, 1.54) is 18.7 Å². The second-order valence-corrected chi connectivity index (χ2v) is 10.1. The van der Waals surface area contributed by atoms with Crippen molar-refractivity contribution in [2.24, 2.45) is 5.92 Å². The molecule has 0 saturated carbocycles. The smallest absolute Gasteiger partial charge is 0.303 e. The summed E-state index contributed by atoms with van der Waals surface area (Å²) in [7, 11) is 0. The van der Waals surface area contributed by atoms with E-state index < -0.39 is 30.4 Å². The number of nitrogens with zero attached hydrogens (tertiary/aromatic N) is 1. The molecule has 1 aromatic rings. The molecule has 14 heteroatoms. The molecule has 4 aliphatic heterocycles. The van der Waals surface area contributed by atoms with Crippen LogP contribution in [0.2, 0.25) is 0 Å². The number of rotatable bonds is 7. The van der Waals surface area contributed by atoms with Gasteiger partial charge in [0.15, 0.2) is 12.4 Å². The summed E-state index contributed by atoms with van der Waals surface area (Å²) in [5, 5.41) is 7.57. The van der Waals surface area contributed by atoms with E-state index in [9.17, 15) is 19.2 Å². The monoisotopic (exact) mass is 587 g/mol. The van der Waals surface area contributed by atoms with Gasteiger partial charge in [-0.3, -0.25) is 24.1 Å². The third-order valence-corrected chi connectivity index (χ3v) is 7.27. The summed E-state index contributed by atoms with van der Waals surface area (Å²) in [6.07, 6.45) is -0.202. The van der Waals surface area contributed by atoms with Crippen molar-refractivity contribution >= 4 is 35.5 Å². The maximum absolute atomic E-state index is 12.6. The van der Waals surface area contributed by atoms with E-state index >= 15 is 0 Å². The Kier molecular flexibility index (Phi) is 15.5. The van der Waals surface area contributed by atoms with Gasteiger partial charge in [0.1, 0.15) is 6.10 Å². The third-order valence-electron chi connectivity index (χ3n) is 6.24. The minimum absolute atomic E-state index is 0. The SMILES string of the molecule is CC(=O)OC1C2OCCCCC(C(CSCCN3C(=O)c4ccccc4C3=O)O2)C1OC(C)=O.CCO.N=N.O.[HH]. The van der Waals surface area contributed by atoms with Crippen LogP contribution in [-0.4, -0.2) is 95.1 Å². The fourth-order valence-corrected chi connectivity index (χ4v) is 5.78. The lowest BCUT2D eigenvalue weighted by Crippen LogP contribution is -2.58. The molecule has 5 rings (SSSR count). The first kappa shape index (κ1) is 35.1. The molecule has 3 saturated heterocycles. The molecule has 4 heterocycles. The number of nitrogens with one attached hydrogen (secondary N) is 2. The highest BCUT2D eigenvalue weighted by Crippen LogP contribution is 2.37. The van der Waals surface area contributed by atoms with Crippen LogP contribution < -0.4 is 0 Å². The Labute approximate surface area is 238 Å². The van der Waals surface area contributed by atoms with E-state index in [1.807, 2.05) is 0 Å². The summed E-state index contributed by atoms with van der Waals surface area (Å²) in [5.74, 6) is -0.570. The summed E-state index contributed by atoms with van der Waals surface area (Å²) in [6.45, 7) is 5.32. The first-order chi connectivity index (χ1) is 18.8. The van der Waals surface area contributed by atoms with Gasteiger partial charge in [0, 0.05) is 52.5 Å². The molecular formula is C26H41N3O10S. The molecule has 5 atom stereocenters. The van der Waals surface area contributed by atoms with Gasteiger partial charge in [-0.25, -0.2) is 11.1 Å². The molecule has 0 radical (unpaired) electrons. The number of thioether (sulfide) groups is 1. The van der Waals surface area contributed by atoms with E-state index in [2.05, 4.69) is 0 Å². The van der Waals surface area contributed by atoms with Crippen LogP contribution in [0, 0.1) is 17.0 Å². The fraction of sp³-hybridized carbons (Fsp3) is 0.615. The van der Waals surface area contributed by atoms with Gasteiger partial charge >= 0.3 is 11.9 Å². The number of esters is 2. The Bertz CT molecular complexity index is 969. The van der Waals surface area contributed by atoms with Crippen LogP contribution in [0.3, 0.4) is 0 Å². The molecule has 40 heavy (non-hydrogen) atoms. The van der Waals surface area contributed by atoms with Gasteiger partial charge in [-0.15, -0.1) is 0 Å². The number of benzene rings is 1. The number of carbonyl (C=O) groups excluding carboxylic acids is 4. The first-order valence-electron chi connectivity index (χ1n) is 12.8. The Morgan fingerprint density at radius 2 is 1.62 bits per heavy atom. The molecule has 1 aromatic carbocycles. The van der Waals surface area contributed by atoms with Crippen molar-refractivity contribution in [3.8, 4) is 0 Å². The standard InChI is InChI=1S/C24H29NO8S.C2H6O.H2N2.H2O.H2/c1-14(26)31-20-18-9-5-6-11-30-24(21(20)32-15(2)27)33-19(18)13-34-12-10-25-22(28)16-7-3-4-8-17(16)23(25)29;1-2-3;1-2;;/h3-4,7-8,18-21,24H,5-6,9-13H2,1-2H3;3H,2H2,1H3;1-2H;1H2;1H. The van der Waals surface area contributed by atoms with Crippen LogP contribution in [-0.2, 0) is 28.5 Å². The summed E-state index contributed by atoms with van der Waals surface area (Å²) >= 11 is 1.55. The minimum atomic E-state index is -0.830. The normalized spacial score (nSPS) is 24.9. The summed E-state index contributed by atoms with van der Waals surface area (Å²) in [6, 6.07) is 6.83. The Morgan fingerprint density at radius 3 is 2.17 bits per heavy atom. The predicted molar refractivity (Wildman–Crippen MR) is 146 cm³/mol. The molecule has 0 spiro atoms. The first-order valence-corrected chi connectivity index (χ1v) is 13.9. The van der Waals surface area contributed by atoms with E-state index in [0.717, 1.165) is 19.3 Å². The largest absolute Gasteiger partial charge is 0.458 e. The van der Waals surface area contributed by atoms with Gasteiger partial charge in [-0.05, 0) is 31.9 Å². The summed E-state index contributed by atoms with van der Waals surface area (Å²) < 4.78 is 23.2. The average Bonchev–Trinajstić information content (AvgIpc) is 3.23. The van der Waals surface area contributed by atoms with E-state index in [4.69, 9.17) is 35.1 Å². The van der Waals surface area contributed by atoms with Crippen LogP contribution in [0.4, 0.5) is 0 Å². The van der Waals surface area contributed by atoms with Gasteiger partial charge in [0.25, 0.3) is 11.8 Å². The Morgan fingerprint density at radius 1 is 1.07 bits per heavy atom. The van der Waals surface area contributed by atoms with Crippen molar-refractivity contribution in [3.05, 3.63) is 35.4 Å². The maximum Gasteiger partial charge on any atom is 0.303 e. The number of hydrogen-bond acceptors (Lipinski definition) is 12. The zero-order chi connectivity index (χ0) is 28.9. The fourth-order valence-electron chi connectivity index (χ4n) is 4.75. The number of ether oxygens (including phenoxy) is 4. The minimum Gasteiger partial charge on any atom is -0.458 e. The molecule has 2 amide bonds. The number of aliphatic hydroxyl groups excluding tert-OH is 1. The van der Waals surface area contributed by atoms with Crippen LogP contribution in [0.1, 0.15) is 62.2 Å². The number of carbonyl (C=O) groups is 4. The molecule has 5 unspecified atom stereocenters. The number of imide groups is 1. The van der Waals surface area contributed by atoms with Crippen molar-refractivity contribution in [3.63, 3.8) is 0 Å². The van der Waals surface area contributed by atoms with Gasteiger partial charge in [0.2, 0.25) is 0 Å². The molecule has 3 fully saturated rings. The highest BCUT2D eigenvalue weighted by Gasteiger charge is 2.50. The molecule has 13 nitrogen and oxygen atoms in total. The molecule has 2 bridgehead atoms. The summed E-state index contributed by atoms with van der Waals surface area (Å²) in [4.78, 5) is 50.0. The second kappa shape index (κ2) is 17.7. The maximum atomic E-state index is 12.6. The number of amides is 2. The third kappa shape index (κ3) is 9.06. The molecule has 4 aliphatic rings. The molecule has 0 aromatic heterocycles.